The molecule has 2 unspecified atom stereocenters. The van der Waals surface area contributed by atoms with E-state index in [2.05, 4.69) is 0 Å². The van der Waals surface area contributed by atoms with Crippen LogP contribution in [0, 0.1) is 0 Å². The van der Waals surface area contributed by atoms with Gasteiger partial charge in [-0.25, -0.2) is 0 Å². The molecule has 2 aliphatic heterocycles. The molecule has 2 atom stereocenters. The van der Waals surface area contributed by atoms with Crippen molar-refractivity contribution >= 4 is 11.8 Å². The Morgan fingerprint density at radius 2 is 1.71 bits per heavy atom. The van der Waals surface area contributed by atoms with Gasteiger partial charge in [0.05, 0.1) is 5.54 Å². The molecule has 2 amide bonds. The van der Waals surface area contributed by atoms with E-state index in [9.17, 15) is 9.59 Å². The number of amides is 2. The zero-order valence-corrected chi connectivity index (χ0v) is 9.85. The van der Waals surface area contributed by atoms with Crippen molar-refractivity contribution in [3.8, 4) is 0 Å². The van der Waals surface area contributed by atoms with Crippen molar-refractivity contribution in [1.82, 2.24) is 4.90 Å². The van der Waals surface area contributed by atoms with Gasteiger partial charge in [0, 0.05) is 6.54 Å². The van der Waals surface area contributed by atoms with Gasteiger partial charge < -0.3 is 10.5 Å². The molecule has 17 heavy (non-hydrogen) atoms. The summed E-state index contributed by atoms with van der Waals surface area (Å²) in [6.45, 7) is 0.379. The van der Waals surface area contributed by atoms with Crippen LogP contribution in [0.2, 0.25) is 0 Å². The molecule has 3 fully saturated rings. The van der Waals surface area contributed by atoms with Gasteiger partial charge in [0.2, 0.25) is 0 Å². The third-order valence-electron chi connectivity index (χ3n) is 4.40. The summed E-state index contributed by atoms with van der Waals surface area (Å²) in [5, 5.41) is 0. The van der Waals surface area contributed by atoms with Gasteiger partial charge in [-0.1, -0.05) is 12.8 Å². The lowest BCUT2D eigenvalue weighted by atomic mass is 9.93. The first-order valence-electron chi connectivity index (χ1n) is 6.41. The maximum absolute atomic E-state index is 12.3. The highest BCUT2D eigenvalue weighted by atomic mass is 16.5. The molecule has 0 aromatic carbocycles. The first kappa shape index (κ1) is 11.2. The van der Waals surface area contributed by atoms with Crippen molar-refractivity contribution in [3.63, 3.8) is 0 Å². The summed E-state index contributed by atoms with van der Waals surface area (Å²) in [4.78, 5) is 26.0. The summed E-state index contributed by atoms with van der Waals surface area (Å²) in [5.41, 5.74) is 5.43. The molecule has 2 heterocycles. The van der Waals surface area contributed by atoms with Crippen LogP contribution in [0.15, 0.2) is 0 Å². The maximum atomic E-state index is 12.3. The predicted octanol–water partition coefficient (Wildman–Crippen LogP) is 0.174. The fraction of sp³-hybridized carbons (Fsp3) is 0.833. The van der Waals surface area contributed by atoms with Gasteiger partial charge in [-0.3, -0.25) is 14.5 Å². The molecular formula is C12H18N2O3. The molecule has 0 radical (unpaired) electrons. The second-order valence-corrected chi connectivity index (χ2v) is 5.34. The summed E-state index contributed by atoms with van der Waals surface area (Å²) in [6, 6.07) is 0. The molecule has 0 aromatic rings. The highest BCUT2D eigenvalue weighted by molar-refractivity contribution is 6.03. The van der Waals surface area contributed by atoms with Crippen LogP contribution in [0.5, 0.6) is 0 Å². The van der Waals surface area contributed by atoms with Crippen molar-refractivity contribution in [3.05, 3.63) is 0 Å². The molecule has 3 rings (SSSR count). The topological polar surface area (TPSA) is 72.6 Å². The Kier molecular flexibility index (Phi) is 2.48. The Labute approximate surface area is 100 Å². The highest BCUT2D eigenvalue weighted by Gasteiger charge is 2.54. The third kappa shape index (κ3) is 1.45. The zero-order chi connectivity index (χ0) is 12.0. The van der Waals surface area contributed by atoms with E-state index < -0.39 is 17.7 Å². The smallest absolute Gasteiger partial charge is 0.258 e. The molecule has 0 spiro atoms. The third-order valence-corrected chi connectivity index (χ3v) is 4.40. The average Bonchev–Trinajstić information content (AvgIpc) is 2.96. The van der Waals surface area contributed by atoms with E-state index in [-0.39, 0.29) is 11.8 Å². The Bertz CT molecular complexity index is 341. The van der Waals surface area contributed by atoms with E-state index in [4.69, 9.17) is 10.5 Å². The van der Waals surface area contributed by atoms with Crippen molar-refractivity contribution in [1.29, 1.82) is 0 Å². The minimum atomic E-state index is -0.418. The SMILES string of the molecule is NCC1(N2C(=O)C3CCC(O3)C2=O)CCCC1. The van der Waals surface area contributed by atoms with Gasteiger partial charge >= 0.3 is 0 Å². The van der Waals surface area contributed by atoms with Gasteiger partial charge in [-0.15, -0.1) is 0 Å². The van der Waals surface area contributed by atoms with Gasteiger partial charge in [-0.05, 0) is 25.7 Å². The minimum absolute atomic E-state index is 0.156. The zero-order valence-electron chi connectivity index (χ0n) is 9.85. The van der Waals surface area contributed by atoms with Crippen molar-refractivity contribution < 1.29 is 14.3 Å². The van der Waals surface area contributed by atoms with E-state index in [0.717, 1.165) is 25.7 Å². The molecule has 0 aromatic heterocycles. The number of carbonyl (C=O) groups is 2. The first-order chi connectivity index (χ1) is 8.18. The highest BCUT2D eigenvalue weighted by Crippen LogP contribution is 2.40. The van der Waals surface area contributed by atoms with Crippen molar-refractivity contribution in [2.24, 2.45) is 5.73 Å². The van der Waals surface area contributed by atoms with Gasteiger partial charge in [0.25, 0.3) is 11.8 Å². The quantitative estimate of drug-likeness (QED) is 0.696. The normalized spacial score (nSPS) is 35.7. The molecular weight excluding hydrogens is 220 g/mol. The lowest BCUT2D eigenvalue weighted by molar-refractivity contribution is -0.176. The minimum Gasteiger partial charge on any atom is -0.355 e. The van der Waals surface area contributed by atoms with Crippen LogP contribution < -0.4 is 5.73 Å². The number of hydrogen-bond acceptors (Lipinski definition) is 4. The monoisotopic (exact) mass is 238 g/mol. The lowest BCUT2D eigenvalue weighted by Gasteiger charge is -2.43. The average molecular weight is 238 g/mol. The number of nitrogens with two attached hydrogens (primary N) is 1. The predicted molar refractivity (Wildman–Crippen MR) is 60.0 cm³/mol. The number of ether oxygens (including phenoxy) is 1. The molecule has 1 aliphatic carbocycles. The van der Waals surface area contributed by atoms with Crippen molar-refractivity contribution in [2.75, 3.05) is 6.54 Å². The number of carbonyl (C=O) groups excluding carboxylic acids is 2. The lowest BCUT2D eigenvalue weighted by Crippen LogP contribution is -2.63. The maximum Gasteiger partial charge on any atom is 0.258 e. The number of morpholine rings is 1. The molecule has 2 saturated heterocycles. The van der Waals surface area contributed by atoms with Crippen LogP contribution in [0.1, 0.15) is 38.5 Å². The fourth-order valence-electron chi connectivity index (χ4n) is 3.42. The molecule has 1 saturated carbocycles. The number of imide groups is 1. The Balaban J connectivity index is 1.95. The largest absolute Gasteiger partial charge is 0.355 e. The number of rotatable bonds is 2. The fourth-order valence-corrected chi connectivity index (χ4v) is 3.42. The van der Waals surface area contributed by atoms with Crippen LogP contribution in [-0.4, -0.2) is 41.0 Å². The Morgan fingerprint density at radius 1 is 1.18 bits per heavy atom. The molecule has 3 aliphatic rings. The summed E-state index contributed by atoms with van der Waals surface area (Å²) >= 11 is 0. The Hall–Kier alpha value is -0.940. The molecule has 94 valence electrons. The molecule has 5 heteroatoms. The van der Waals surface area contributed by atoms with E-state index >= 15 is 0 Å². The van der Waals surface area contributed by atoms with Crippen LogP contribution in [0.25, 0.3) is 0 Å². The van der Waals surface area contributed by atoms with Crippen LogP contribution in [-0.2, 0) is 14.3 Å². The van der Waals surface area contributed by atoms with Crippen LogP contribution in [0.3, 0.4) is 0 Å². The van der Waals surface area contributed by atoms with Gasteiger partial charge in [0.15, 0.2) is 0 Å². The van der Waals surface area contributed by atoms with Crippen molar-refractivity contribution in [2.45, 2.75) is 56.3 Å². The van der Waals surface area contributed by atoms with E-state index in [0.29, 0.717) is 19.4 Å². The van der Waals surface area contributed by atoms with Crippen LogP contribution >= 0.6 is 0 Å². The van der Waals surface area contributed by atoms with Gasteiger partial charge in [0.1, 0.15) is 12.2 Å². The molecule has 5 nitrogen and oxygen atoms in total. The Morgan fingerprint density at radius 3 is 2.18 bits per heavy atom. The second-order valence-electron chi connectivity index (χ2n) is 5.34. The second kappa shape index (κ2) is 3.78. The number of fused-ring (bicyclic) bond motifs is 2. The van der Waals surface area contributed by atoms with Gasteiger partial charge in [-0.2, -0.15) is 0 Å². The van der Waals surface area contributed by atoms with E-state index in [1.165, 1.54) is 4.90 Å². The first-order valence-corrected chi connectivity index (χ1v) is 6.41. The summed E-state index contributed by atoms with van der Waals surface area (Å²) < 4.78 is 5.42. The number of hydrogen-bond donors (Lipinski definition) is 1. The number of likely N-dealkylation sites (tertiary alicyclic amines) is 1. The molecule has 2 bridgehead atoms. The van der Waals surface area contributed by atoms with Crippen LogP contribution in [0.4, 0.5) is 0 Å². The summed E-state index contributed by atoms with van der Waals surface area (Å²) in [5.74, 6) is -0.313. The van der Waals surface area contributed by atoms with E-state index in [1.54, 1.807) is 0 Å². The standard InChI is InChI=1S/C12H18N2O3/c13-7-12(5-1-2-6-12)14-10(15)8-3-4-9(17-8)11(14)16/h8-9H,1-7,13H2. The number of nitrogens with zero attached hydrogens (tertiary/aromatic N) is 1. The summed E-state index contributed by atoms with van der Waals surface area (Å²) in [7, 11) is 0. The summed E-state index contributed by atoms with van der Waals surface area (Å²) in [6.07, 6.45) is 4.33. The molecule has 2 N–H and O–H groups in total. The van der Waals surface area contributed by atoms with E-state index in [1.807, 2.05) is 0 Å².